The number of hydrogen-bond donors (Lipinski definition) is 0. The van der Waals surface area contributed by atoms with Crippen LogP contribution in [0.25, 0.3) is 0 Å². The van der Waals surface area contributed by atoms with Crippen LogP contribution in [0.5, 0.6) is 5.75 Å². The van der Waals surface area contributed by atoms with E-state index in [1.807, 2.05) is 19.9 Å². The fourth-order valence-corrected chi connectivity index (χ4v) is 2.44. The zero-order chi connectivity index (χ0) is 14.7. The average Bonchev–Trinajstić information content (AvgIpc) is 2.40. The minimum absolute atomic E-state index is 0.152. The number of halogens is 3. The maximum Gasteiger partial charge on any atom is 0.131 e. The summed E-state index contributed by atoms with van der Waals surface area (Å²) in [5.41, 5.74) is 1.36. The zero-order valence-corrected chi connectivity index (χ0v) is 12.0. The van der Waals surface area contributed by atoms with Crippen molar-refractivity contribution in [3.63, 3.8) is 0 Å². The third kappa shape index (κ3) is 2.93. The number of aryl methyl sites for hydroxylation is 1. The van der Waals surface area contributed by atoms with Crippen LogP contribution in [0.4, 0.5) is 8.78 Å². The van der Waals surface area contributed by atoms with E-state index in [1.165, 1.54) is 18.2 Å². The first-order chi connectivity index (χ1) is 9.54. The highest BCUT2D eigenvalue weighted by Crippen LogP contribution is 2.38. The van der Waals surface area contributed by atoms with Gasteiger partial charge in [0.05, 0.1) is 12.0 Å². The van der Waals surface area contributed by atoms with Crippen molar-refractivity contribution < 1.29 is 13.5 Å². The lowest BCUT2D eigenvalue weighted by molar-refractivity contribution is 0.336. The molecule has 106 valence electrons. The lowest BCUT2D eigenvalue weighted by Crippen LogP contribution is -2.04. The number of hydrogen-bond acceptors (Lipinski definition) is 1. The highest BCUT2D eigenvalue weighted by Gasteiger charge is 2.22. The Bertz CT molecular complexity index is 593. The second-order valence-corrected chi connectivity index (χ2v) is 4.91. The van der Waals surface area contributed by atoms with Crippen molar-refractivity contribution >= 4 is 11.6 Å². The summed E-state index contributed by atoms with van der Waals surface area (Å²) >= 11 is 6.30. The lowest BCUT2D eigenvalue weighted by Gasteiger charge is -2.17. The van der Waals surface area contributed by atoms with E-state index < -0.39 is 17.0 Å². The lowest BCUT2D eigenvalue weighted by atomic mass is 10.0. The molecule has 1 nitrogen and oxygen atoms in total. The van der Waals surface area contributed by atoms with Crippen molar-refractivity contribution in [2.24, 2.45) is 0 Å². The molecule has 2 rings (SSSR count). The summed E-state index contributed by atoms with van der Waals surface area (Å²) in [6, 6.07) is 9.14. The molecule has 0 aliphatic heterocycles. The maximum atomic E-state index is 13.8. The first-order valence-electron chi connectivity index (χ1n) is 6.36. The number of benzene rings is 2. The Balaban J connectivity index is 2.52. The van der Waals surface area contributed by atoms with E-state index in [4.69, 9.17) is 16.3 Å². The molecule has 0 radical (unpaired) electrons. The Morgan fingerprint density at radius 3 is 2.40 bits per heavy atom. The van der Waals surface area contributed by atoms with Gasteiger partial charge in [-0.2, -0.15) is 0 Å². The third-order valence-corrected chi connectivity index (χ3v) is 3.44. The minimum Gasteiger partial charge on any atom is -0.494 e. The fraction of sp³-hybridized carbons (Fsp3) is 0.250. The predicted molar refractivity (Wildman–Crippen MR) is 76.4 cm³/mol. The van der Waals surface area contributed by atoms with Crippen LogP contribution in [0.3, 0.4) is 0 Å². The van der Waals surface area contributed by atoms with Gasteiger partial charge in [0, 0.05) is 11.1 Å². The molecule has 20 heavy (non-hydrogen) atoms. The van der Waals surface area contributed by atoms with E-state index in [9.17, 15) is 8.78 Å². The zero-order valence-electron chi connectivity index (χ0n) is 11.3. The molecule has 1 unspecified atom stereocenters. The molecule has 0 N–H and O–H groups in total. The molecule has 2 aromatic carbocycles. The van der Waals surface area contributed by atoms with Crippen LogP contribution < -0.4 is 4.74 Å². The van der Waals surface area contributed by atoms with Gasteiger partial charge in [0.25, 0.3) is 0 Å². The molecule has 0 fully saturated rings. The van der Waals surface area contributed by atoms with Crippen LogP contribution in [0, 0.1) is 18.6 Å². The van der Waals surface area contributed by atoms with Gasteiger partial charge < -0.3 is 4.74 Å². The van der Waals surface area contributed by atoms with Crippen LogP contribution in [-0.2, 0) is 0 Å². The summed E-state index contributed by atoms with van der Waals surface area (Å²) in [5.74, 6) is -0.774. The molecular formula is C16H15ClF2O. The molecule has 0 aliphatic carbocycles. The van der Waals surface area contributed by atoms with Crippen LogP contribution in [-0.4, -0.2) is 6.61 Å². The van der Waals surface area contributed by atoms with Crippen LogP contribution in [0.15, 0.2) is 36.4 Å². The molecule has 0 aliphatic rings. The Hall–Kier alpha value is -1.61. The van der Waals surface area contributed by atoms with Crippen molar-refractivity contribution in [2.75, 3.05) is 6.61 Å². The smallest absolute Gasteiger partial charge is 0.131 e. The second-order valence-electron chi connectivity index (χ2n) is 4.47. The highest BCUT2D eigenvalue weighted by atomic mass is 35.5. The van der Waals surface area contributed by atoms with Crippen LogP contribution in [0.1, 0.15) is 29.0 Å². The van der Waals surface area contributed by atoms with Gasteiger partial charge in [-0.1, -0.05) is 23.8 Å². The van der Waals surface area contributed by atoms with Gasteiger partial charge in [-0.3, -0.25) is 0 Å². The number of rotatable bonds is 4. The van der Waals surface area contributed by atoms with E-state index in [2.05, 4.69) is 0 Å². The van der Waals surface area contributed by atoms with Crippen molar-refractivity contribution in [1.29, 1.82) is 0 Å². The van der Waals surface area contributed by atoms with Gasteiger partial charge in [0.2, 0.25) is 0 Å². The normalized spacial score (nSPS) is 12.2. The molecule has 0 heterocycles. The second kappa shape index (κ2) is 6.23. The number of alkyl halides is 1. The van der Waals surface area contributed by atoms with Gasteiger partial charge in [-0.25, -0.2) is 8.78 Å². The van der Waals surface area contributed by atoms with Gasteiger partial charge in [-0.05, 0) is 32.0 Å². The minimum atomic E-state index is -0.933. The molecule has 1 atom stereocenters. The monoisotopic (exact) mass is 296 g/mol. The third-order valence-electron chi connectivity index (χ3n) is 2.99. The van der Waals surface area contributed by atoms with Crippen LogP contribution in [0.2, 0.25) is 0 Å². The first kappa shape index (κ1) is 14.8. The molecule has 4 heteroatoms. The molecule has 0 saturated carbocycles. The quantitative estimate of drug-likeness (QED) is 0.721. The molecule has 0 amide bonds. The van der Waals surface area contributed by atoms with Crippen molar-refractivity contribution in [1.82, 2.24) is 0 Å². The Kier molecular flexibility index (Phi) is 4.61. The molecule has 0 aromatic heterocycles. The van der Waals surface area contributed by atoms with E-state index in [0.717, 1.165) is 5.56 Å². The van der Waals surface area contributed by atoms with Crippen molar-refractivity contribution in [3.05, 3.63) is 64.7 Å². The SMILES string of the molecule is CCOc1ccc(C)cc1C(Cl)c1c(F)cccc1F. The molecule has 0 saturated heterocycles. The summed E-state index contributed by atoms with van der Waals surface area (Å²) in [4.78, 5) is 0. The van der Waals surface area contributed by atoms with Gasteiger partial charge >= 0.3 is 0 Å². The van der Waals surface area contributed by atoms with Gasteiger partial charge in [0.1, 0.15) is 17.4 Å². The van der Waals surface area contributed by atoms with E-state index in [0.29, 0.717) is 17.9 Å². The number of ether oxygens (including phenoxy) is 1. The van der Waals surface area contributed by atoms with E-state index in [-0.39, 0.29) is 5.56 Å². The predicted octanol–water partition coefficient (Wildman–Crippen LogP) is 5.00. The largest absolute Gasteiger partial charge is 0.494 e. The van der Waals surface area contributed by atoms with Crippen molar-refractivity contribution in [3.8, 4) is 5.75 Å². The topological polar surface area (TPSA) is 9.23 Å². The standard InChI is InChI=1S/C16H15ClF2O/c1-3-20-14-8-7-10(2)9-11(14)16(17)15-12(18)5-4-6-13(15)19/h4-9,16H,3H2,1-2H3. The van der Waals surface area contributed by atoms with Crippen LogP contribution >= 0.6 is 11.6 Å². The first-order valence-corrected chi connectivity index (χ1v) is 6.79. The Labute approximate surface area is 122 Å². The average molecular weight is 297 g/mol. The van der Waals surface area contributed by atoms with E-state index in [1.54, 1.807) is 12.1 Å². The molecule has 0 bridgehead atoms. The van der Waals surface area contributed by atoms with Gasteiger partial charge in [-0.15, -0.1) is 11.6 Å². The highest BCUT2D eigenvalue weighted by molar-refractivity contribution is 6.22. The Morgan fingerprint density at radius 1 is 1.15 bits per heavy atom. The molecule has 0 spiro atoms. The summed E-state index contributed by atoms with van der Waals surface area (Å²) in [7, 11) is 0. The summed E-state index contributed by atoms with van der Waals surface area (Å²) in [6.07, 6.45) is 0. The van der Waals surface area contributed by atoms with Crippen molar-refractivity contribution in [2.45, 2.75) is 19.2 Å². The summed E-state index contributed by atoms with van der Waals surface area (Å²) in [5, 5.41) is -0.933. The summed E-state index contributed by atoms with van der Waals surface area (Å²) < 4.78 is 33.2. The van der Waals surface area contributed by atoms with E-state index >= 15 is 0 Å². The molecule has 2 aromatic rings. The fourth-order valence-electron chi connectivity index (χ4n) is 2.06. The van der Waals surface area contributed by atoms with Gasteiger partial charge in [0.15, 0.2) is 0 Å². The summed E-state index contributed by atoms with van der Waals surface area (Å²) in [6.45, 7) is 4.19. The Morgan fingerprint density at radius 2 is 1.80 bits per heavy atom. The maximum absolute atomic E-state index is 13.8. The molecular weight excluding hydrogens is 282 g/mol.